The molecule has 136 valence electrons. The predicted molar refractivity (Wildman–Crippen MR) is 99.0 cm³/mol. The summed E-state index contributed by atoms with van der Waals surface area (Å²) in [6.45, 7) is 0. The number of ether oxygens (including phenoxy) is 5. The molecule has 6 nitrogen and oxygen atoms in total. The lowest BCUT2D eigenvalue weighted by molar-refractivity contribution is 0.0599. The van der Waals surface area contributed by atoms with Crippen LogP contribution in [0.2, 0.25) is 0 Å². The Morgan fingerprint density at radius 3 is 1.88 bits per heavy atom. The first-order chi connectivity index (χ1) is 12.6. The Kier molecular flexibility index (Phi) is 4.75. The third-order valence-electron chi connectivity index (χ3n) is 4.37. The van der Waals surface area contributed by atoms with Crippen molar-refractivity contribution in [3.63, 3.8) is 0 Å². The number of methoxy groups -OCH3 is 5. The highest BCUT2D eigenvalue weighted by Gasteiger charge is 2.23. The van der Waals surface area contributed by atoms with Gasteiger partial charge in [-0.1, -0.05) is 12.1 Å². The number of esters is 1. The fourth-order valence-electron chi connectivity index (χ4n) is 3.15. The number of hydrogen-bond acceptors (Lipinski definition) is 6. The molecule has 3 aromatic rings. The molecular weight excluding hydrogens is 336 g/mol. The highest BCUT2D eigenvalue weighted by molar-refractivity contribution is 6.17. The van der Waals surface area contributed by atoms with Crippen LogP contribution < -0.4 is 18.9 Å². The Hall–Kier alpha value is -3.15. The lowest BCUT2D eigenvalue weighted by Crippen LogP contribution is -2.06. The van der Waals surface area contributed by atoms with Gasteiger partial charge in [-0.3, -0.25) is 0 Å². The van der Waals surface area contributed by atoms with E-state index < -0.39 is 5.97 Å². The number of carbonyl (C=O) groups excluding carboxylic acids is 1. The minimum atomic E-state index is -0.495. The molecule has 0 spiro atoms. The van der Waals surface area contributed by atoms with Gasteiger partial charge in [0.05, 0.1) is 35.5 Å². The Morgan fingerprint density at radius 1 is 0.692 bits per heavy atom. The average molecular weight is 356 g/mol. The van der Waals surface area contributed by atoms with Crippen molar-refractivity contribution in [1.29, 1.82) is 0 Å². The maximum absolute atomic E-state index is 12.4. The molecule has 0 atom stereocenters. The maximum atomic E-state index is 12.4. The molecule has 0 fully saturated rings. The molecule has 0 saturated heterocycles. The van der Waals surface area contributed by atoms with E-state index >= 15 is 0 Å². The zero-order valence-electron chi connectivity index (χ0n) is 15.3. The van der Waals surface area contributed by atoms with E-state index in [2.05, 4.69) is 0 Å². The monoisotopic (exact) mass is 356 g/mol. The Labute approximate surface area is 151 Å². The molecular formula is C20H20O6. The number of rotatable bonds is 5. The highest BCUT2D eigenvalue weighted by atomic mass is 16.5. The van der Waals surface area contributed by atoms with Crippen molar-refractivity contribution >= 4 is 27.5 Å². The van der Waals surface area contributed by atoms with Crippen LogP contribution in [0.15, 0.2) is 30.3 Å². The van der Waals surface area contributed by atoms with Crippen LogP contribution in [0, 0.1) is 0 Å². The van der Waals surface area contributed by atoms with Gasteiger partial charge in [0.15, 0.2) is 23.0 Å². The second-order valence-electron chi connectivity index (χ2n) is 5.57. The molecule has 0 radical (unpaired) electrons. The van der Waals surface area contributed by atoms with E-state index in [0.717, 1.165) is 16.2 Å². The summed E-state index contributed by atoms with van der Waals surface area (Å²) in [4.78, 5) is 12.4. The van der Waals surface area contributed by atoms with Gasteiger partial charge < -0.3 is 23.7 Å². The van der Waals surface area contributed by atoms with E-state index in [9.17, 15) is 4.79 Å². The first-order valence-electron chi connectivity index (χ1n) is 7.91. The molecule has 0 aromatic heterocycles. The van der Waals surface area contributed by atoms with Crippen LogP contribution in [0.25, 0.3) is 21.5 Å². The minimum absolute atomic E-state index is 0.320. The molecule has 0 unspecified atom stereocenters. The van der Waals surface area contributed by atoms with E-state index in [-0.39, 0.29) is 0 Å². The summed E-state index contributed by atoms with van der Waals surface area (Å²) in [7, 11) is 7.53. The summed E-state index contributed by atoms with van der Waals surface area (Å²) >= 11 is 0. The van der Waals surface area contributed by atoms with Gasteiger partial charge in [-0.2, -0.15) is 0 Å². The molecule has 0 aliphatic rings. The molecule has 0 saturated carbocycles. The van der Waals surface area contributed by atoms with Gasteiger partial charge in [0.2, 0.25) is 0 Å². The van der Waals surface area contributed by atoms with Crippen LogP contribution in [0.4, 0.5) is 0 Å². The molecule has 0 heterocycles. The van der Waals surface area contributed by atoms with Crippen molar-refractivity contribution in [2.24, 2.45) is 0 Å². The van der Waals surface area contributed by atoms with E-state index in [0.29, 0.717) is 33.9 Å². The molecule has 6 heteroatoms. The molecule has 0 aliphatic heterocycles. The number of benzene rings is 3. The Morgan fingerprint density at radius 2 is 1.31 bits per heavy atom. The van der Waals surface area contributed by atoms with Crippen molar-refractivity contribution in [1.82, 2.24) is 0 Å². The van der Waals surface area contributed by atoms with Crippen LogP contribution in [-0.4, -0.2) is 41.5 Å². The molecule has 3 aromatic carbocycles. The van der Waals surface area contributed by atoms with Gasteiger partial charge in [-0.05, 0) is 34.4 Å². The van der Waals surface area contributed by atoms with E-state index in [1.807, 2.05) is 30.3 Å². The van der Waals surface area contributed by atoms with Gasteiger partial charge in [0.25, 0.3) is 0 Å². The molecule has 0 N–H and O–H groups in total. The summed E-state index contributed by atoms with van der Waals surface area (Å²) in [5.41, 5.74) is 0.320. The van der Waals surface area contributed by atoms with Gasteiger partial charge in [-0.15, -0.1) is 0 Å². The quantitative estimate of drug-likeness (QED) is 0.512. The van der Waals surface area contributed by atoms with Crippen LogP contribution in [0.5, 0.6) is 23.0 Å². The summed E-state index contributed by atoms with van der Waals surface area (Å²) in [6, 6.07) is 9.39. The van der Waals surface area contributed by atoms with Gasteiger partial charge in [-0.25, -0.2) is 4.79 Å². The first kappa shape index (κ1) is 17.7. The Balaban J connectivity index is 2.49. The third-order valence-corrected chi connectivity index (χ3v) is 4.37. The van der Waals surface area contributed by atoms with Crippen molar-refractivity contribution in [3.8, 4) is 23.0 Å². The fourth-order valence-corrected chi connectivity index (χ4v) is 3.15. The van der Waals surface area contributed by atoms with Crippen LogP contribution in [0.1, 0.15) is 10.4 Å². The summed E-state index contributed by atoms with van der Waals surface area (Å²) in [5.74, 6) is 1.52. The Bertz CT molecular complexity index is 993. The average Bonchev–Trinajstić information content (AvgIpc) is 2.69. The highest BCUT2D eigenvalue weighted by Crippen LogP contribution is 2.42. The van der Waals surface area contributed by atoms with E-state index in [4.69, 9.17) is 23.7 Å². The number of fused-ring (bicyclic) bond motifs is 3. The molecule has 0 amide bonds. The standard InChI is InChI=1S/C20H20O6/c1-22-15-8-11-6-7-12-14(13(11)9-16(15)23-2)10-17(24-3)19(25-4)18(12)20(21)26-5/h6-10H,1-5H3. The zero-order valence-corrected chi connectivity index (χ0v) is 15.3. The van der Waals surface area contributed by atoms with E-state index in [1.165, 1.54) is 21.3 Å². The van der Waals surface area contributed by atoms with Crippen molar-refractivity contribution in [3.05, 3.63) is 35.9 Å². The van der Waals surface area contributed by atoms with E-state index in [1.54, 1.807) is 14.2 Å². The van der Waals surface area contributed by atoms with Crippen molar-refractivity contribution in [2.75, 3.05) is 35.5 Å². The van der Waals surface area contributed by atoms with Crippen molar-refractivity contribution in [2.45, 2.75) is 0 Å². The van der Waals surface area contributed by atoms with Gasteiger partial charge in [0.1, 0.15) is 5.56 Å². The summed E-state index contributed by atoms with van der Waals surface area (Å²) in [5, 5.41) is 3.36. The largest absolute Gasteiger partial charge is 0.493 e. The topological polar surface area (TPSA) is 63.2 Å². The molecule has 0 bridgehead atoms. The van der Waals surface area contributed by atoms with Crippen LogP contribution >= 0.6 is 0 Å². The molecule has 3 rings (SSSR count). The second-order valence-corrected chi connectivity index (χ2v) is 5.57. The third kappa shape index (κ3) is 2.63. The van der Waals surface area contributed by atoms with Gasteiger partial charge in [0, 0.05) is 5.39 Å². The van der Waals surface area contributed by atoms with Crippen molar-refractivity contribution < 1.29 is 28.5 Å². The maximum Gasteiger partial charge on any atom is 0.342 e. The van der Waals surface area contributed by atoms with Crippen LogP contribution in [-0.2, 0) is 4.74 Å². The minimum Gasteiger partial charge on any atom is -0.493 e. The second kappa shape index (κ2) is 7.00. The SMILES string of the molecule is COC(=O)c1c(OC)c(OC)cc2c1ccc1cc(OC)c(OC)cc12. The zero-order chi connectivity index (χ0) is 18.8. The fraction of sp³-hybridized carbons (Fsp3) is 0.250. The first-order valence-corrected chi connectivity index (χ1v) is 7.91. The summed E-state index contributed by atoms with van der Waals surface area (Å²) < 4.78 is 26.6. The summed E-state index contributed by atoms with van der Waals surface area (Å²) in [6.07, 6.45) is 0. The number of carbonyl (C=O) groups is 1. The smallest absolute Gasteiger partial charge is 0.342 e. The molecule has 0 aliphatic carbocycles. The molecule has 26 heavy (non-hydrogen) atoms. The lowest BCUT2D eigenvalue weighted by atomic mass is 9.96. The van der Waals surface area contributed by atoms with Gasteiger partial charge >= 0.3 is 5.97 Å². The van der Waals surface area contributed by atoms with Crippen LogP contribution in [0.3, 0.4) is 0 Å². The normalized spacial score (nSPS) is 10.7. The predicted octanol–water partition coefficient (Wildman–Crippen LogP) is 3.81. The lowest BCUT2D eigenvalue weighted by Gasteiger charge is -2.16. The number of hydrogen-bond donors (Lipinski definition) is 0.